The quantitative estimate of drug-likeness (QED) is 0.855. The Bertz CT molecular complexity index is 760. The van der Waals surface area contributed by atoms with Crippen molar-refractivity contribution in [2.75, 3.05) is 29.6 Å². The summed E-state index contributed by atoms with van der Waals surface area (Å²) < 4.78 is 5.19. The summed E-state index contributed by atoms with van der Waals surface area (Å²) in [5, 5.41) is 5.48. The highest BCUT2D eigenvalue weighted by atomic mass is 16.6. The predicted octanol–water partition coefficient (Wildman–Crippen LogP) is 4.35. The number of nitrogens with zero attached hydrogens (tertiary/aromatic N) is 1. The Hall–Kier alpha value is -3.02. The van der Waals surface area contributed by atoms with Gasteiger partial charge in [0.1, 0.15) is 5.60 Å². The lowest BCUT2D eigenvalue weighted by Gasteiger charge is -2.19. The third kappa shape index (κ3) is 5.81. The van der Waals surface area contributed by atoms with E-state index >= 15 is 0 Å². The van der Waals surface area contributed by atoms with Gasteiger partial charge in [0.15, 0.2) is 0 Å². The third-order valence-electron chi connectivity index (χ3n) is 3.43. The van der Waals surface area contributed by atoms with E-state index in [9.17, 15) is 9.59 Å². The van der Waals surface area contributed by atoms with Crippen molar-refractivity contribution in [2.45, 2.75) is 26.4 Å². The van der Waals surface area contributed by atoms with Gasteiger partial charge in [-0.15, -0.1) is 0 Å². The number of anilines is 3. The fourth-order valence-corrected chi connectivity index (χ4v) is 2.17. The van der Waals surface area contributed by atoms with Crippen molar-refractivity contribution in [3.05, 3.63) is 54.1 Å². The number of carbonyl (C=O) groups excluding carboxylic acids is 2. The second-order valence-corrected chi connectivity index (χ2v) is 7.10. The fourth-order valence-electron chi connectivity index (χ4n) is 2.17. The maximum absolute atomic E-state index is 12.3. The number of rotatable bonds is 4. The van der Waals surface area contributed by atoms with Gasteiger partial charge in [0.05, 0.1) is 0 Å². The molecule has 2 amide bonds. The molecule has 0 saturated carbocycles. The van der Waals surface area contributed by atoms with E-state index in [0.29, 0.717) is 11.3 Å². The summed E-state index contributed by atoms with van der Waals surface area (Å²) in [5.41, 5.74) is 2.27. The Balaban J connectivity index is 1.96. The first kappa shape index (κ1) is 19.3. The van der Waals surface area contributed by atoms with E-state index in [2.05, 4.69) is 10.6 Å². The van der Waals surface area contributed by atoms with E-state index in [4.69, 9.17) is 4.74 Å². The Morgan fingerprint density at radius 1 is 0.846 bits per heavy atom. The van der Waals surface area contributed by atoms with Crippen LogP contribution < -0.4 is 15.5 Å². The van der Waals surface area contributed by atoms with Crippen molar-refractivity contribution < 1.29 is 14.3 Å². The van der Waals surface area contributed by atoms with Gasteiger partial charge in [0.25, 0.3) is 5.91 Å². The van der Waals surface area contributed by atoms with Crippen LogP contribution in [0.2, 0.25) is 0 Å². The maximum Gasteiger partial charge on any atom is 0.412 e. The fraction of sp³-hybridized carbons (Fsp3) is 0.300. The first-order valence-corrected chi connectivity index (χ1v) is 8.33. The van der Waals surface area contributed by atoms with E-state index in [0.717, 1.165) is 11.4 Å². The van der Waals surface area contributed by atoms with Gasteiger partial charge >= 0.3 is 6.09 Å². The molecule has 0 atom stereocenters. The van der Waals surface area contributed by atoms with Crippen LogP contribution in [0.3, 0.4) is 0 Å². The van der Waals surface area contributed by atoms with Crippen molar-refractivity contribution in [1.29, 1.82) is 0 Å². The molecule has 6 heteroatoms. The molecule has 2 N–H and O–H groups in total. The van der Waals surface area contributed by atoms with Crippen LogP contribution in [0.4, 0.5) is 21.9 Å². The van der Waals surface area contributed by atoms with E-state index in [-0.39, 0.29) is 5.91 Å². The van der Waals surface area contributed by atoms with Gasteiger partial charge in [0, 0.05) is 36.7 Å². The molecular formula is C20H25N3O3. The number of ether oxygens (including phenoxy) is 1. The molecule has 0 bridgehead atoms. The maximum atomic E-state index is 12.3. The molecule has 0 aliphatic rings. The normalized spacial score (nSPS) is 10.8. The lowest BCUT2D eigenvalue weighted by atomic mass is 10.2. The molecule has 26 heavy (non-hydrogen) atoms. The Kier molecular flexibility index (Phi) is 5.87. The van der Waals surface area contributed by atoms with Crippen molar-refractivity contribution in [3.63, 3.8) is 0 Å². The second kappa shape index (κ2) is 7.91. The van der Waals surface area contributed by atoms with Gasteiger partial charge in [-0.1, -0.05) is 0 Å². The number of nitrogens with one attached hydrogen (secondary N) is 2. The molecule has 0 aliphatic heterocycles. The molecule has 138 valence electrons. The predicted molar refractivity (Wildman–Crippen MR) is 105 cm³/mol. The molecule has 0 saturated heterocycles. The molecule has 6 nitrogen and oxygen atoms in total. The van der Waals surface area contributed by atoms with Crippen LogP contribution in [0, 0.1) is 0 Å². The molecule has 0 aromatic heterocycles. The summed E-state index contributed by atoms with van der Waals surface area (Å²) in [5.74, 6) is -0.216. The SMILES string of the molecule is CN(C)c1ccc(NC(=O)c2ccc(NC(=O)OC(C)(C)C)cc2)cc1. The second-order valence-electron chi connectivity index (χ2n) is 7.10. The van der Waals surface area contributed by atoms with Crippen molar-refractivity contribution >= 4 is 29.1 Å². The van der Waals surface area contributed by atoms with Gasteiger partial charge < -0.3 is 15.0 Å². The smallest absolute Gasteiger partial charge is 0.412 e. The van der Waals surface area contributed by atoms with Crippen LogP contribution in [0.5, 0.6) is 0 Å². The van der Waals surface area contributed by atoms with Crippen LogP contribution in [-0.4, -0.2) is 31.7 Å². The molecule has 2 rings (SSSR count). The largest absolute Gasteiger partial charge is 0.444 e. The van der Waals surface area contributed by atoms with Crippen LogP contribution in [0.25, 0.3) is 0 Å². The molecule has 0 unspecified atom stereocenters. The first-order chi connectivity index (χ1) is 12.1. The standard InChI is InChI=1S/C20H25N3O3/c1-20(2,3)26-19(25)22-16-8-6-14(7-9-16)18(24)21-15-10-12-17(13-11-15)23(4)5/h6-13H,1-5H3,(H,21,24)(H,22,25). The van der Waals surface area contributed by atoms with E-state index in [1.165, 1.54) is 0 Å². The van der Waals surface area contributed by atoms with Crippen LogP contribution in [0.15, 0.2) is 48.5 Å². The first-order valence-electron chi connectivity index (χ1n) is 8.33. The van der Waals surface area contributed by atoms with Gasteiger partial charge in [-0.3, -0.25) is 10.1 Å². The molecule has 0 radical (unpaired) electrons. The molecule has 2 aromatic rings. The lowest BCUT2D eigenvalue weighted by Crippen LogP contribution is -2.27. The monoisotopic (exact) mass is 355 g/mol. The average Bonchev–Trinajstić information content (AvgIpc) is 2.54. The van der Waals surface area contributed by atoms with Gasteiger partial charge in [-0.25, -0.2) is 4.79 Å². The summed E-state index contributed by atoms with van der Waals surface area (Å²) in [6.45, 7) is 5.39. The minimum atomic E-state index is -0.563. The van der Waals surface area contributed by atoms with E-state index in [1.54, 1.807) is 45.0 Å². The molecule has 2 aromatic carbocycles. The van der Waals surface area contributed by atoms with Gasteiger partial charge in [-0.2, -0.15) is 0 Å². The Morgan fingerprint density at radius 3 is 1.85 bits per heavy atom. The third-order valence-corrected chi connectivity index (χ3v) is 3.43. The number of carbonyl (C=O) groups is 2. The molecule has 0 aliphatic carbocycles. The van der Waals surface area contributed by atoms with Gasteiger partial charge in [-0.05, 0) is 69.3 Å². The molecular weight excluding hydrogens is 330 g/mol. The zero-order valence-corrected chi connectivity index (χ0v) is 15.8. The lowest BCUT2D eigenvalue weighted by molar-refractivity contribution is 0.0636. The molecule has 0 fully saturated rings. The highest BCUT2D eigenvalue weighted by Crippen LogP contribution is 2.17. The highest BCUT2D eigenvalue weighted by molar-refractivity contribution is 6.04. The average molecular weight is 355 g/mol. The van der Waals surface area contributed by atoms with Crippen LogP contribution in [0.1, 0.15) is 31.1 Å². The summed E-state index contributed by atoms with van der Waals surface area (Å²) in [4.78, 5) is 26.1. The topological polar surface area (TPSA) is 70.7 Å². The van der Waals surface area contributed by atoms with Crippen LogP contribution in [-0.2, 0) is 4.74 Å². The summed E-state index contributed by atoms with van der Waals surface area (Å²) in [6.07, 6.45) is -0.532. The number of benzene rings is 2. The van der Waals surface area contributed by atoms with Gasteiger partial charge in [0.2, 0.25) is 0 Å². The van der Waals surface area contributed by atoms with Crippen molar-refractivity contribution in [2.24, 2.45) is 0 Å². The van der Waals surface area contributed by atoms with Crippen molar-refractivity contribution in [3.8, 4) is 0 Å². The summed E-state index contributed by atoms with van der Waals surface area (Å²) in [6, 6.07) is 14.2. The zero-order chi connectivity index (χ0) is 19.3. The Labute approximate surface area is 154 Å². The number of hydrogen-bond donors (Lipinski definition) is 2. The molecule has 0 heterocycles. The molecule has 0 spiro atoms. The van der Waals surface area contributed by atoms with Crippen LogP contribution >= 0.6 is 0 Å². The minimum Gasteiger partial charge on any atom is -0.444 e. The zero-order valence-electron chi connectivity index (χ0n) is 15.8. The minimum absolute atomic E-state index is 0.216. The van der Waals surface area contributed by atoms with E-state index < -0.39 is 11.7 Å². The van der Waals surface area contributed by atoms with E-state index in [1.807, 2.05) is 43.3 Å². The summed E-state index contributed by atoms with van der Waals surface area (Å²) >= 11 is 0. The number of amides is 2. The summed E-state index contributed by atoms with van der Waals surface area (Å²) in [7, 11) is 3.92. The highest BCUT2D eigenvalue weighted by Gasteiger charge is 2.16. The Morgan fingerprint density at radius 2 is 1.35 bits per heavy atom. The van der Waals surface area contributed by atoms with Crippen molar-refractivity contribution in [1.82, 2.24) is 0 Å². The number of hydrogen-bond acceptors (Lipinski definition) is 4.